The maximum atomic E-state index is 13.2. The zero-order chi connectivity index (χ0) is 23.4. The Balaban J connectivity index is 2.67. The molecule has 0 spiro atoms. The van der Waals surface area contributed by atoms with Crippen LogP contribution in [0.1, 0.15) is 39.0 Å². The summed E-state index contributed by atoms with van der Waals surface area (Å²) in [5.41, 5.74) is -0.469. The van der Waals surface area contributed by atoms with Gasteiger partial charge in [0.05, 0.1) is 6.20 Å². The Morgan fingerprint density at radius 1 is 1.52 bits per heavy atom. The van der Waals surface area contributed by atoms with Gasteiger partial charge in [0.1, 0.15) is 12.3 Å². The molecule has 2 heterocycles. The minimum atomic E-state index is -1.66. The van der Waals surface area contributed by atoms with Crippen molar-refractivity contribution in [1.82, 2.24) is 19.9 Å². The van der Waals surface area contributed by atoms with E-state index in [1.165, 1.54) is 11.8 Å². The maximum absolute atomic E-state index is 13.2. The van der Waals surface area contributed by atoms with Gasteiger partial charge < -0.3 is 13.9 Å². The van der Waals surface area contributed by atoms with Gasteiger partial charge in [0, 0.05) is 20.0 Å². The van der Waals surface area contributed by atoms with E-state index in [0.717, 1.165) is 0 Å². The smallest absolute Gasteiger partial charge is 0.412 e. The molecular weight excluding hydrogens is 452 g/mol. The number of nitrogens with zero attached hydrogens (tertiary/aromatic N) is 4. The molecule has 1 unspecified atom stereocenters. The fourth-order valence-corrected chi connectivity index (χ4v) is 5.27. The summed E-state index contributed by atoms with van der Waals surface area (Å²) in [5.74, 6) is 0.159. The lowest BCUT2D eigenvalue weighted by Gasteiger charge is -2.44. The Morgan fingerprint density at radius 2 is 2.19 bits per heavy atom. The van der Waals surface area contributed by atoms with E-state index in [9.17, 15) is 4.79 Å². The summed E-state index contributed by atoms with van der Waals surface area (Å²) in [6.45, 7) is 14.9. The van der Waals surface area contributed by atoms with Gasteiger partial charge >= 0.3 is 6.09 Å². The lowest BCUT2D eigenvalue weighted by atomic mass is 9.78. The Morgan fingerprint density at radius 3 is 2.68 bits per heavy atom. The van der Waals surface area contributed by atoms with Crippen molar-refractivity contribution < 1.29 is 18.7 Å². The highest BCUT2D eigenvalue weighted by atomic mass is 32.2. The molecule has 174 valence electrons. The van der Waals surface area contributed by atoms with E-state index in [2.05, 4.69) is 50.8 Å². The van der Waals surface area contributed by atoms with Gasteiger partial charge in [0.15, 0.2) is 20.9 Å². The lowest BCUT2D eigenvalue weighted by Crippen LogP contribution is -2.56. The van der Waals surface area contributed by atoms with Crippen molar-refractivity contribution in [3.8, 4) is 0 Å². The molecule has 1 amide bonds. The molecule has 0 radical (unpaired) electrons. The molecule has 3 atom stereocenters. The van der Waals surface area contributed by atoms with E-state index >= 15 is 0 Å². The van der Waals surface area contributed by atoms with Crippen LogP contribution in [0.25, 0.3) is 0 Å². The quantitative estimate of drug-likeness (QED) is 0.326. The third-order valence-corrected chi connectivity index (χ3v) is 7.32. The zero-order valence-electron chi connectivity index (χ0n) is 19.5. The monoisotopic (exact) mass is 486 g/mol. The number of thiocarbonyl (C=S) groups is 1. The average Bonchev–Trinajstić information content (AvgIpc) is 3.27. The molecule has 1 aliphatic heterocycles. The van der Waals surface area contributed by atoms with Crippen LogP contribution in [0, 0.1) is 11.3 Å². The van der Waals surface area contributed by atoms with Crippen LogP contribution < -0.4 is 0 Å². The summed E-state index contributed by atoms with van der Waals surface area (Å²) in [7, 11) is 0.130. The summed E-state index contributed by atoms with van der Waals surface area (Å²) < 4.78 is 20.5. The fraction of sp³-hybridized carbons (Fsp3) is 0.700. The standard InChI is InChI=1S/C20H34N4O4S2Si/c1-9-10-26-17(25)24-13-14(19(2,3)4)11-20(24,28-31(7)8)16(27-18(29)30-6)15-12-21-22-23(15)5/h9,12,14,16,31H,1,10-11,13H2,2-8H3/t14-,16?,20-/m0/s1. The molecule has 31 heavy (non-hydrogen) atoms. The first-order chi connectivity index (χ1) is 14.5. The topological polar surface area (TPSA) is 78.7 Å². The van der Waals surface area contributed by atoms with Crippen LogP contribution in [0.4, 0.5) is 4.79 Å². The Labute approximate surface area is 196 Å². The first-order valence-electron chi connectivity index (χ1n) is 10.3. The first-order valence-corrected chi connectivity index (χ1v) is 14.7. The van der Waals surface area contributed by atoms with Crippen molar-refractivity contribution >= 4 is 43.5 Å². The van der Waals surface area contributed by atoms with Crippen molar-refractivity contribution in [2.24, 2.45) is 18.4 Å². The molecule has 0 saturated carbocycles. The van der Waals surface area contributed by atoms with Crippen LogP contribution in [-0.2, 0) is 20.9 Å². The van der Waals surface area contributed by atoms with Gasteiger partial charge in [0.2, 0.25) is 4.38 Å². The Bertz CT molecular complexity index is 798. The molecule has 8 nitrogen and oxygen atoms in total. The van der Waals surface area contributed by atoms with Gasteiger partial charge in [-0.25, -0.2) is 9.48 Å². The lowest BCUT2D eigenvalue weighted by molar-refractivity contribution is -0.129. The molecule has 1 aromatic heterocycles. The highest BCUT2D eigenvalue weighted by Gasteiger charge is 2.59. The third kappa shape index (κ3) is 5.88. The number of thioether (sulfide) groups is 1. The van der Waals surface area contributed by atoms with Crippen LogP contribution >= 0.6 is 24.0 Å². The van der Waals surface area contributed by atoms with Crippen molar-refractivity contribution in [1.29, 1.82) is 0 Å². The minimum Gasteiger partial charge on any atom is -0.464 e. The largest absolute Gasteiger partial charge is 0.464 e. The normalized spacial score (nSPS) is 22.5. The molecule has 0 aromatic carbocycles. The number of rotatable bonds is 7. The van der Waals surface area contributed by atoms with E-state index in [1.54, 1.807) is 28.9 Å². The molecule has 1 saturated heterocycles. The van der Waals surface area contributed by atoms with Gasteiger partial charge in [0.25, 0.3) is 0 Å². The van der Waals surface area contributed by atoms with Crippen molar-refractivity contribution in [3.05, 3.63) is 24.5 Å². The predicted octanol–water partition coefficient (Wildman–Crippen LogP) is 3.91. The summed E-state index contributed by atoms with van der Waals surface area (Å²) >= 11 is 6.75. The van der Waals surface area contributed by atoms with Gasteiger partial charge in [-0.05, 0) is 42.9 Å². The summed E-state index contributed by atoms with van der Waals surface area (Å²) in [6.07, 6.45) is 4.47. The second-order valence-corrected chi connectivity index (χ2v) is 12.7. The van der Waals surface area contributed by atoms with E-state index in [-0.39, 0.29) is 17.9 Å². The zero-order valence-corrected chi connectivity index (χ0v) is 22.2. The average molecular weight is 487 g/mol. The predicted molar refractivity (Wildman–Crippen MR) is 129 cm³/mol. The number of aromatic nitrogens is 3. The molecule has 1 aromatic rings. The highest BCUT2D eigenvalue weighted by molar-refractivity contribution is 8.22. The number of amides is 1. The van der Waals surface area contributed by atoms with Gasteiger partial charge in [-0.15, -0.1) is 5.10 Å². The maximum Gasteiger partial charge on any atom is 0.412 e. The molecule has 11 heteroatoms. The highest BCUT2D eigenvalue weighted by Crippen LogP contribution is 2.50. The number of hydrogen-bond acceptors (Lipinski definition) is 8. The Hall–Kier alpha value is -1.43. The fourth-order valence-electron chi connectivity index (χ4n) is 3.81. The Kier molecular flexibility index (Phi) is 8.71. The van der Waals surface area contributed by atoms with E-state index in [1.807, 2.05) is 6.26 Å². The van der Waals surface area contributed by atoms with Crippen LogP contribution in [0.3, 0.4) is 0 Å². The number of carbonyl (C=O) groups is 1. The van der Waals surface area contributed by atoms with Crippen LogP contribution in [-0.4, -0.2) is 64.5 Å². The van der Waals surface area contributed by atoms with Crippen molar-refractivity contribution in [2.45, 2.75) is 52.1 Å². The number of aryl methyl sites for hydroxylation is 1. The number of carbonyl (C=O) groups excluding carboxylic acids is 1. The SMILES string of the molecule is C=CCOC(=O)N1C[C@@H](C(C)(C)C)C[C@]1(O[SiH](C)C)C(OC(=S)SC)c1cnnn1C. The molecule has 1 aliphatic rings. The van der Waals surface area contributed by atoms with Crippen LogP contribution in [0.2, 0.25) is 13.1 Å². The van der Waals surface area contributed by atoms with Gasteiger partial charge in [-0.1, -0.05) is 50.4 Å². The summed E-state index contributed by atoms with van der Waals surface area (Å²) in [4.78, 5) is 14.9. The molecular formula is C20H34N4O4S2Si. The van der Waals surface area contributed by atoms with Crippen LogP contribution in [0.5, 0.6) is 0 Å². The second kappa shape index (κ2) is 10.5. The van der Waals surface area contributed by atoms with E-state index in [4.69, 9.17) is 26.1 Å². The van der Waals surface area contributed by atoms with E-state index in [0.29, 0.717) is 23.0 Å². The molecule has 0 aliphatic carbocycles. The van der Waals surface area contributed by atoms with Crippen LogP contribution in [0.15, 0.2) is 18.9 Å². The molecule has 1 fully saturated rings. The summed E-state index contributed by atoms with van der Waals surface area (Å²) in [6, 6.07) is 0. The molecule has 0 bridgehead atoms. The van der Waals surface area contributed by atoms with Crippen molar-refractivity contribution in [3.63, 3.8) is 0 Å². The second-order valence-electron chi connectivity index (χ2n) is 8.99. The minimum absolute atomic E-state index is 0.0596. The molecule has 2 rings (SSSR count). The number of ether oxygens (including phenoxy) is 2. The third-order valence-electron chi connectivity index (χ3n) is 5.42. The number of hydrogen-bond donors (Lipinski definition) is 0. The van der Waals surface area contributed by atoms with E-state index < -0.39 is 27.0 Å². The first kappa shape index (κ1) is 25.8. The van der Waals surface area contributed by atoms with Crippen molar-refractivity contribution in [2.75, 3.05) is 19.4 Å². The summed E-state index contributed by atoms with van der Waals surface area (Å²) in [5, 5.41) is 8.12. The molecule has 0 N–H and O–H groups in total. The number of likely N-dealkylation sites (tertiary alicyclic amines) is 1. The van der Waals surface area contributed by atoms with Gasteiger partial charge in [-0.3, -0.25) is 4.90 Å². The van der Waals surface area contributed by atoms with Gasteiger partial charge in [-0.2, -0.15) is 0 Å².